The zero-order chi connectivity index (χ0) is 17.1. The van der Waals surface area contributed by atoms with E-state index < -0.39 is 11.6 Å². The molecule has 0 heterocycles. The Labute approximate surface area is 137 Å². The molecule has 23 heavy (non-hydrogen) atoms. The van der Waals surface area contributed by atoms with Gasteiger partial charge in [0.1, 0.15) is 11.6 Å². The van der Waals surface area contributed by atoms with Crippen LogP contribution in [0.25, 0.3) is 5.57 Å². The minimum Gasteiger partial charge on any atom is -0.466 e. The second kappa shape index (κ2) is 10.9. The molecule has 128 valence electrons. The summed E-state index contributed by atoms with van der Waals surface area (Å²) in [6.45, 7) is 4.46. The van der Waals surface area contributed by atoms with Gasteiger partial charge in [0.2, 0.25) is 0 Å². The van der Waals surface area contributed by atoms with Gasteiger partial charge in [-0.2, -0.15) is 0 Å². The van der Waals surface area contributed by atoms with E-state index in [1.165, 1.54) is 12.1 Å². The summed E-state index contributed by atoms with van der Waals surface area (Å²) in [5, 5.41) is 0. The molecule has 0 aromatic heterocycles. The lowest BCUT2D eigenvalue weighted by Crippen LogP contribution is -2.04. The van der Waals surface area contributed by atoms with Crippen LogP contribution < -0.4 is 0 Å². The van der Waals surface area contributed by atoms with Crippen molar-refractivity contribution in [2.75, 3.05) is 6.61 Å². The zero-order valence-corrected chi connectivity index (χ0v) is 14.0. The fourth-order valence-electron chi connectivity index (χ4n) is 2.34. The van der Waals surface area contributed by atoms with Crippen LogP contribution >= 0.6 is 0 Å². The molecule has 1 aromatic carbocycles. The molecule has 1 rings (SSSR count). The van der Waals surface area contributed by atoms with Crippen molar-refractivity contribution in [1.82, 2.24) is 0 Å². The third-order valence-electron chi connectivity index (χ3n) is 3.49. The fourth-order valence-corrected chi connectivity index (χ4v) is 2.34. The van der Waals surface area contributed by atoms with E-state index in [0.717, 1.165) is 50.2 Å². The largest absolute Gasteiger partial charge is 0.466 e. The Kier molecular flexibility index (Phi) is 9.18. The van der Waals surface area contributed by atoms with Crippen LogP contribution in [-0.4, -0.2) is 12.6 Å². The van der Waals surface area contributed by atoms with Crippen molar-refractivity contribution in [1.29, 1.82) is 0 Å². The number of benzene rings is 1. The first-order valence-corrected chi connectivity index (χ1v) is 8.38. The molecule has 0 unspecified atom stereocenters. The number of ether oxygens (including phenoxy) is 1. The van der Waals surface area contributed by atoms with Gasteiger partial charge in [0.05, 0.1) is 6.61 Å². The maximum Gasteiger partial charge on any atom is 0.305 e. The molecule has 0 aliphatic carbocycles. The summed E-state index contributed by atoms with van der Waals surface area (Å²) in [7, 11) is 0. The van der Waals surface area contributed by atoms with Gasteiger partial charge in [0, 0.05) is 18.1 Å². The molecule has 0 saturated heterocycles. The number of esters is 1. The molecule has 0 N–H and O–H groups in total. The van der Waals surface area contributed by atoms with Crippen LogP contribution in [0.15, 0.2) is 24.3 Å². The van der Waals surface area contributed by atoms with E-state index in [4.69, 9.17) is 4.74 Å². The lowest BCUT2D eigenvalue weighted by atomic mass is 9.98. The van der Waals surface area contributed by atoms with Crippen molar-refractivity contribution in [3.05, 3.63) is 41.5 Å². The molecule has 0 radical (unpaired) electrons. The SMILES string of the molecule is CCCOC(=O)CCCC/C=C(\CCC)c1ccc(F)cc1F. The monoisotopic (exact) mass is 324 g/mol. The number of carbonyl (C=O) groups excluding carboxylic acids is 1. The Balaban J connectivity index is 2.51. The van der Waals surface area contributed by atoms with E-state index in [1.54, 1.807) is 0 Å². The minimum atomic E-state index is -0.562. The molecule has 0 spiro atoms. The number of hydrogen-bond donors (Lipinski definition) is 0. The van der Waals surface area contributed by atoms with E-state index in [0.29, 0.717) is 18.6 Å². The van der Waals surface area contributed by atoms with Crippen LogP contribution in [0, 0.1) is 11.6 Å². The van der Waals surface area contributed by atoms with Gasteiger partial charge < -0.3 is 4.74 Å². The summed E-state index contributed by atoms with van der Waals surface area (Å²) >= 11 is 0. The first-order valence-electron chi connectivity index (χ1n) is 8.38. The first kappa shape index (κ1) is 19.3. The van der Waals surface area contributed by atoms with Crippen molar-refractivity contribution in [2.24, 2.45) is 0 Å². The summed E-state index contributed by atoms with van der Waals surface area (Å²) in [6.07, 6.45) is 7.26. The molecule has 2 nitrogen and oxygen atoms in total. The van der Waals surface area contributed by atoms with Crippen molar-refractivity contribution >= 4 is 11.5 Å². The minimum absolute atomic E-state index is 0.158. The van der Waals surface area contributed by atoms with Gasteiger partial charge in [-0.3, -0.25) is 4.79 Å². The third kappa shape index (κ3) is 7.40. The van der Waals surface area contributed by atoms with E-state index in [2.05, 4.69) is 0 Å². The average molecular weight is 324 g/mol. The highest BCUT2D eigenvalue weighted by molar-refractivity contribution is 5.69. The quantitative estimate of drug-likeness (QED) is 0.410. The van der Waals surface area contributed by atoms with E-state index in [1.807, 2.05) is 19.9 Å². The van der Waals surface area contributed by atoms with Crippen LogP contribution in [0.1, 0.15) is 64.4 Å². The van der Waals surface area contributed by atoms with Crippen molar-refractivity contribution in [3.8, 4) is 0 Å². The lowest BCUT2D eigenvalue weighted by Gasteiger charge is -2.08. The number of halogens is 2. The van der Waals surface area contributed by atoms with Gasteiger partial charge in [-0.05, 0) is 49.8 Å². The van der Waals surface area contributed by atoms with Crippen LogP contribution in [-0.2, 0) is 9.53 Å². The first-order chi connectivity index (χ1) is 11.1. The van der Waals surface area contributed by atoms with Crippen molar-refractivity contribution in [3.63, 3.8) is 0 Å². The van der Waals surface area contributed by atoms with Gasteiger partial charge in [-0.15, -0.1) is 0 Å². The number of unbranched alkanes of at least 4 members (excludes halogenated alkanes) is 2. The van der Waals surface area contributed by atoms with E-state index in [-0.39, 0.29) is 5.97 Å². The molecule has 0 bridgehead atoms. The molecular weight excluding hydrogens is 298 g/mol. The maximum atomic E-state index is 13.9. The Morgan fingerprint density at radius 3 is 2.57 bits per heavy atom. The summed E-state index contributed by atoms with van der Waals surface area (Å²) in [6, 6.07) is 3.70. The number of allylic oxidation sites excluding steroid dienone is 2. The molecule has 0 saturated carbocycles. The molecule has 0 aliphatic rings. The second-order valence-corrected chi connectivity index (χ2v) is 5.57. The van der Waals surface area contributed by atoms with Gasteiger partial charge >= 0.3 is 5.97 Å². The standard InChI is InChI=1S/C19H26F2O2/c1-3-8-15(17-12-11-16(20)14-18(17)21)9-6-5-7-10-19(22)23-13-4-2/h9,11-12,14H,3-8,10,13H2,1-2H3/b15-9+. The topological polar surface area (TPSA) is 26.3 Å². The lowest BCUT2D eigenvalue weighted by molar-refractivity contribution is -0.143. The predicted octanol–water partition coefficient (Wildman–Crippen LogP) is 5.66. The van der Waals surface area contributed by atoms with Gasteiger partial charge in [0.15, 0.2) is 0 Å². The Morgan fingerprint density at radius 2 is 1.91 bits per heavy atom. The zero-order valence-electron chi connectivity index (χ0n) is 14.0. The van der Waals surface area contributed by atoms with E-state index >= 15 is 0 Å². The normalized spacial score (nSPS) is 11.6. The number of carbonyl (C=O) groups is 1. The van der Waals surface area contributed by atoms with Crippen LogP contribution in [0.4, 0.5) is 8.78 Å². The molecule has 0 amide bonds. The predicted molar refractivity (Wildman–Crippen MR) is 89.0 cm³/mol. The average Bonchev–Trinajstić information content (AvgIpc) is 2.52. The summed E-state index contributed by atoms with van der Waals surface area (Å²) < 4.78 is 31.9. The maximum absolute atomic E-state index is 13.9. The molecule has 0 fully saturated rings. The van der Waals surface area contributed by atoms with E-state index in [9.17, 15) is 13.6 Å². The fraction of sp³-hybridized carbons (Fsp3) is 0.526. The Morgan fingerprint density at radius 1 is 1.13 bits per heavy atom. The Hall–Kier alpha value is -1.71. The molecule has 0 aliphatic heterocycles. The van der Waals surface area contributed by atoms with Crippen LogP contribution in [0.5, 0.6) is 0 Å². The van der Waals surface area contributed by atoms with Crippen LogP contribution in [0.3, 0.4) is 0 Å². The van der Waals surface area contributed by atoms with Gasteiger partial charge in [0.25, 0.3) is 0 Å². The molecular formula is C19H26F2O2. The van der Waals surface area contributed by atoms with Crippen LogP contribution in [0.2, 0.25) is 0 Å². The second-order valence-electron chi connectivity index (χ2n) is 5.57. The molecule has 1 aromatic rings. The van der Waals surface area contributed by atoms with Gasteiger partial charge in [-0.25, -0.2) is 8.78 Å². The highest BCUT2D eigenvalue weighted by Gasteiger charge is 2.08. The smallest absolute Gasteiger partial charge is 0.305 e. The number of hydrogen-bond acceptors (Lipinski definition) is 2. The molecule has 4 heteroatoms. The molecule has 0 atom stereocenters. The summed E-state index contributed by atoms with van der Waals surface area (Å²) in [4.78, 5) is 11.4. The highest BCUT2D eigenvalue weighted by atomic mass is 19.1. The van der Waals surface area contributed by atoms with Crippen molar-refractivity contribution in [2.45, 2.75) is 58.8 Å². The summed E-state index contributed by atoms with van der Waals surface area (Å²) in [5.41, 5.74) is 1.37. The van der Waals surface area contributed by atoms with Gasteiger partial charge in [-0.1, -0.05) is 26.3 Å². The Bertz CT molecular complexity index is 524. The number of rotatable bonds is 10. The third-order valence-corrected chi connectivity index (χ3v) is 3.49. The highest BCUT2D eigenvalue weighted by Crippen LogP contribution is 2.24. The summed E-state index contributed by atoms with van der Waals surface area (Å²) in [5.74, 6) is -1.24. The van der Waals surface area contributed by atoms with Crippen molar-refractivity contribution < 1.29 is 18.3 Å².